The van der Waals surface area contributed by atoms with E-state index < -0.39 is 36.4 Å². The molecule has 1 saturated carbocycles. The van der Waals surface area contributed by atoms with Gasteiger partial charge in [-0.15, -0.1) is 0 Å². The molecular formula is C11H16F3NO3. The Morgan fingerprint density at radius 3 is 2.17 bits per heavy atom. The number of amides is 1. The van der Waals surface area contributed by atoms with Crippen LogP contribution in [0.3, 0.4) is 0 Å². The molecule has 1 amide bonds. The first kappa shape index (κ1) is 14.8. The second-order valence-electron chi connectivity index (χ2n) is 4.61. The van der Waals surface area contributed by atoms with Gasteiger partial charge < -0.3 is 10.4 Å². The van der Waals surface area contributed by atoms with Crippen molar-refractivity contribution >= 4 is 11.9 Å². The maximum atomic E-state index is 12.0. The highest BCUT2D eigenvalue weighted by atomic mass is 19.4. The Hall–Kier alpha value is -1.27. The van der Waals surface area contributed by atoms with Gasteiger partial charge in [0.1, 0.15) is 5.54 Å². The summed E-state index contributed by atoms with van der Waals surface area (Å²) in [5.74, 6) is -2.01. The zero-order chi connectivity index (χ0) is 13.8. The second-order valence-corrected chi connectivity index (χ2v) is 4.61. The van der Waals surface area contributed by atoms with Crippen LogP contribution in [0.4, 0.5) is 13.2 Å². The van der Waals surface area contributed by atoms with E-state index in [9.17, 15) is 22.8 Å². The van der Waals surface area contributed by atoms with Crippen LogP contribution in [0.2, 0.25) is 0 Å². The maximum absolute atomic E-state index is 12.0. The zero-order valence-corrected chi connectivity index (χ0v) is 9.85. The SMILES string of the molecule is O=C(CCC(F)(F)F)NC1(C(=O)O)CCCCC1. The number of rotatable bonds is 4. The summed E-state index contributed by atoms with van der Waals surface area (Å²) in [5, 5.41) is 11.4. The van der Waals surface area contributed by atoms with Gasteiger partial charge in [0.2, 0.25) is 5.91 Å². The monoisotopic (exact) mass is 267 g/mol. The first-order valence-corrected chi connectivity index (χ1v) is 5.86. The van der Waals surface area contributed by atoms with Crippen LogP contribution >= 0.6 is 0 Å². The Morgan fingerprint density at radius 2 is 1.72 bits per heavy atom. The number of carbonyl (C=O) groups is 2. The molecule has 104 valence electrons. The molecule has 1 rings (SSSR count). The highest BCUT2D eigenvalue weighted by Crippen LogP contribution is 2.29. The summed E-state index contributed by atoms with van der Waals surface area (Å²) in [6.45, 7) is 0. The molecule has 1 fully saturated rings. The lowest BCUT2D eigenvalue weighted by Gasteiger charge is -2.34. The van der Waals surface area contributed by atoms with Gasteiger partial charge in [-0.1, -0.05) is 19.3 Å². The zero-order valence-electron chi connectivity index (χ0n) is 9.85. The van der Waals surface area contributed by atoms with Crippen molar-refractivity contribution in [1.82, 2.24) is 5.32 Å². The van der Waals surface area contributed by atoms with Crippen LogP contribution < -0.4 is 5.32 Å². The van der Waals surface area contributed by atoms with E-state index in [2.05, 4.69) is 5.32 Å². The summed E-state index contributed by atoms with van der Waals surface area (Å²) in [5.41, 5.74) is -1.37. The fraction of sp³-hybridized carbons (Fsp3) is 0.818. The minimum absolute atomic E-state index is 0.278. The van der Waals surface area contributed by atoms with E-state index in [-0.39, 0.29) is 12.8 Å². The van der Waals surface area contributed by atoms with Crippen molar-refractivity contribution < 1.29 is 27.9 Å². The van der Waals surface area contributed by atoms with Gasteiger partial charge in [0.25, 0.3) is 0 Å². The number of carboxylic acids is 1. The molecule has 0 aromatic rings. The van der Waals surface area contributed by atoms with Crippen molar-refractivity contribution in [3.05, 3.63) is 0 Å². The molecule has 0 bridgehead atoms. The van der Waals surface area contributed by atoms with Gasteiger partial charge in [-0.25, -0.2) is 4.79 Å². The standard InChI is InChI=1S/C11H16F3NO3/c12-11(13,14)7-4-8(16)15-10(9(17)18)5-2-1-3-6-10/h1-7H2,(H,15,16)(H,17,18). The number of carboxylic acid groups (broad SMARTS) is 1. The number of hydrogen-bond donors (Lipinski definition) is 2. The summed E-state index contributed by atoms with van der Waals surface area (Å²) in [4.78, 5) is 22.6. The number of halogens is 3. The third-order valence-corrected chi connectivity index (χ3v) is 3.13. The lowest BCUT2D eigenvalue weighted by molar-refractivity contribution is -0.152. The van der Waals surface area contributed by atoms with Crippen molar-refractivity contribution in [3.63, 3.8) is 0 Å². The molecule has 0 aromatic carbocycles. The summed E-state index contributed by atoms with van der Waals surface area (Å²) in [6.07, 6.45) is -3.60. The number of nitrogens with one attached hydrogen (secondary N) is 1. The topological polar surface area (TPSA) is 66.4 Å². The van der Waals surface area contributed by atoms with Crippen molar-refractivity contribution in [2.45, 2.75) is 56.7 Å². The summed E-state index contributed by atoms with van der Waals surface area (Å²) >= 11 is 0. The van der Waals surface area contributed by atoms with Crippen molar-refractivity contribution in [2.75, 3.05) is 0 Å². The average Bonchev–Trinajstić information content (AvgIpc) is 2.26. The Morgan fingerprint density at radius 1 is 1.17 bits per heavy atom. The molecule has 4 nitrogen and oxygen atoms in total. The van der Waals surface area contributed by atoms with Crippen LogP contribution in [0.15, 0.2) is 0 Å². The summed E-state index contributed by atoms with van der Waals surface area (Å²) < 4.78 is 35.9. The molecule has 0 unspecified atom stereocenters. The van der Waals surface area contributed by atoms with Gasteiger partial charge in [0.15, 0.2) is 0 Å². The predicted octanol–water partition coefficient (Wildman–Crippen LogP) is 2.23. The van der Waals surface area contributed by atoms with Crippen molar-refractivity contribution in [1.29, 1.82) is 0 Å². The summed E-state index contributed by atoms with van der Waals surface area (Å²) in [7, 11) is 0. The van der Waals surface area contributed by atoms with E-state index in [1.54, 1.807) is 0 Å². The Kier molecular flexibility index (Phi) is 4.59. The highest BCUT2D eigenvalue weighted by molar-refractivity contribution is 5.87. The largest absolute Gasteiger partial charge is 0.480 e. The molecular weight excluding hydrogens is 251 g/mol. The minimum atomic E-state index is -4.40. The fourth-order valence-electron chi connectivity index (χ4n) is 2.13. The molecule has 0 radical (unpaired) electrons. The first-order valence-electron chi connectivity index (χ1n) is 5.86. The lowest BCUT2D eigenvalue weighted by Crippen LogP contribution is -2.55. The molecule has 1 aliphatic carbocycles. The van der Waals surface area contributed by atoms with Gasteiger partial charge in [-0.05, 0) is 12.8 Å². The molecule has 1 aliphatic rings. The quantitative estimate of drug-likeness (QED) is 0.820. The van der Waals surface area contributed by atoms with Gasteiger partial charge >= 0.3 is 12.1 Å². The first-order chi connectivity index (χ1) is 8.25. The number of hydrogen-bond acceptors (Lipinski definition) is 2. The molecule has 0 atom stereocenters. The van der Waals surface area contributed by atoms with Crippen LogP contribution in [0.5, 0.6) is 0 Å². The van der Waals surface area contributed by atoms with Gasteiger partial charge in [-0.2, -0.15) is 13.2 Å². The van der Waals surface area contributed by atoms with E-state index in [0.717, 1.165) is 6.42 Å². The molecule has 0 aliphatic heterocycles. The lowest BCUT2D eigenvalue weighted by atomic mass is 9.81. The minimum Gasteiger partial charge on any atom is -0.480 e. The van der Waals surface area contributed by atoms with Crippen LogP contribution in [0.1, 0.15) is 44.9 Å². The maximum Gasteiger partial charge on any atom is 0.389 e. The van der Waals surface area contributed by atoms with Crippen molar-refractivity contribution in [2.24, 2.45) is 0 Å². The Bertz CT molecular complexity index is 322. The van der Waals surface area contributed by atoms with E-state index in [1.807, 2.05) is 0 Å². The smallest absolute Gasteiger partial charge is 0.389 e. The number of carbonyl (C=O) groups excluding carboxylic acids is 1. The molecule has 0 aromatic heterocycles. The van der Waals surface area contributed by atoms with Gasteiger partial charge in [0.05, 0.1) is 6.42 Å². The number of aliphatic carboxylic acids is 1. The van der Waals surface area contributed by atoms with E-state index >= 15 is 0 Å². The van der Waals surface area contributed by atoms with E-state index in [4.69, 9.17) is 5.11 Å². The molecule has 0 spiro atoms. The van der Waals surface area contributed by atoms with Crippen LogP contribution in [0.25, 0.3) is 0 Å². The highest BCUT2D eigenvalue weighted by Gasteiger charge is 2.41. The molecule has 2 N–H and O–H groups in total. The van der Waals surface area contributed by atoms with Crippen LogP contribution in [-0.4, -0.2) is 28.7 Å². The number of alkyl halides is 3. The average molecular weight is 267 g/mol. The molecule has 18 heavy (non-hydrogen) atoms. The van der Waals surface area contributed by atoms with Crippen LogP contribution in [0, 0.1) is 0 Å². The van der Waals surface area contributed by atoms with Crippen LogP contribution in [-0.2, 0) is 9.59 Å². The molecule has 0 heterocycles. The van der Waals surface area contributed by atoms with Crippen molar-refractivity contribution in [3.8, 4) is 0 Å². The van der Waals surface area contributed by atoms with E-state index in [0.29, 0.717) is 12.8 Å². The third-order valence-electron chi connectivity index (χ3n) is 3.13. The summed E-state index contributed by atoms with van der Waals surface area (Å²) in [6, 6.07) is 0. The Labute approximate surface area is 103 Å². The fourth-order valence-corrected chi connectivity index (χ4v) is 2.13. The predicted molar refractivity (Wildman–Crippen MR) is 56.9 cm³/mol. The molecule has 0 saturated heterocycles. The van der Waals surface area contributed by atoms with Gasteiger partial charge in [0, 0.05) is 6.42 Å². The van der Waals surface area contributed by atoms with E-state index in [1.165, 1.54) is 0 Å². The van der Waals surface area contributed by atoms with Gasteiger partial charge in [-0.3, -0.25) is 4.79 Å². The second kappa shape index (κ2) is 5.58. The Balaban J connectivity index is 2.56. The molecule has 7 heteroatoms. The normalized spacial score (nSPS) is 19.3. The third kappa shape index (κ3) is 4.19.